The molecule has 12 heteroatoms. The van der Waals surface area contributed by atoms with E-state index in [1.807, 2.05) is 24.3 Å². The number of hydrogen-bond donors (Lipinski definition) is 1. The Kier molecular flexibility index (Phi) is 7.79. The number of nitrogens with one attached hydrogen (secondary N) is 1. The molecule has 0 unspecified atom stereocenters. The van der Waals surface area contributed by atoms with E-state index in [0.717, 1.165) is 35.0 Å². The van der Waals surface area contributed by atoms with E-state index >= 15 is 0 Å². The zero-order valence-corrected chi connectivity index (χ0v) is 21.8. The van der Waals surface area contributed by atoms with Crippen LogP contribution in [-0.4, -0.2) is 61.3 Å². The minimum absolute atomic E-state index is 0.00187. The topological polar surface area (TPSA) is 131 Å². The summed E-state index contributed by atoms with van der Waals surface area (Å²) in [5, 5.41) is 13.3. The van der Waals surface area contributed by atoms with Gasteiger partial charge in [0.25, 0.3) is 5.91 Å². The minimum atomic E-state index is -3.59. The first kappa shape index (κ1) is 26.2. The molecule has 0 fully saturated rings. The van der Waals surface area contributed by atoms with Crippen molar-refractivity contribution in [2.45, 2.75) is 6.42 Å². The van der Waals surface area contributed by atoms with Gasteiger partial charge in [-0.2, -0.15) is 10.0 Å². The third-order valence-corrected chi connectivity index (χ3v) is 7.74. The summed E-state index contributed by atoms with van der Waals surface area (Å²) < 4.78 is 40.2. The van der Waals surface area contributed by atoms with Gasteiger partial charge < -0.3 is 14.2 Å². The van der Waals surface area contributed by atoms with Crippen LogP contribution in [0.25, 0.3) is 6.08 Å². The zero-order chi connectivity index (χ0) is 26.6. The van der Waals surface area contributed by atoms with Gasteiger partial charge in [0.05, 0.1) is 12.7 Å². The lowest BCUT2D eigenvalue weighted by molar-refractivity contribution is -0.114. The van der Waals surface area contributed by atoms with Gasteiger partial charge in [0.15, 0.2) is 17.3 Å². The molecule has 0 radical (unpaired) electrons. The second-order valence-corrected chi connectivity index (χ2v) is 11.0. The third-order valence-electron chi connectivity index (χ3n) is 5.16. The summed E-state index contributed by atoms with van der Waals surface area (Å²) in [4.78, 5) is 16.4. The van der Waals surface area contributed by atoms with Crippen molar-refractivity contribution in [1.82, 2.24) is 5.01 Å². The number of fused-ring (bicyclic) bond motifs is 1. The fraction of sp³-hybridized carbons (Fsp3) is 0.200. The number of amides is 1. The van der Waals surface area contributed by atoms with E-state index in [4.69, 9.17) is 19.6 Å². The SMILES string of the molecule is C=CCc1ccc(OCCOc2ccc(/C=C3/C(=N)N4N=C(S(C)(=O)=O)SC4=NC3=O)cc2)c(OC)c1. The first-order chi connectivity index (χ1) is 17.7. The molecule has 1 N–H and O–H groups in total. The Morgan fingerprint density at radius 1 is 1.11 bits per heavy atom. The minimum Gasteiger partial charge on any atom is -0.493 e. The van der Waals surface area contributed by atoms with Crippen LogP contribution >= 0.6 is 11.8 Å². The molecular formula is C25H24N4O6S2. The number of ether oxygens (including phenoxy) is 3. The number of carbonyl (C=O) groups is 1. The number of methoxy groups -OCH3 is 1. The van der Waals surface area contributed by atoms with Gasteiger partial charge in [-0.05, 0) is 59.7 Å². The predicted molar refractivity (Wildman–Crippen MR) is 144 cm³/mol. The molecule has 2 aromatic rings. The number of benzene rings is 2. The second-order valence-electron chi connectivity index (χ2n) is 7.90. The molecule has 0 aromatic heterocycles. The standard InChI is InChI=1S/C25H24N4O6S2/c1-4-5-16-8-11-20(21(15-16)33-2)35-13-12-34-18-9-6-17(7-10-18)14-19-22(26)29-24(27-23(19)30)36-25(28-29)37(3,31)32/h4,6-11,14-15,26H,1,5,12-13H2,2-3H3/b19-14-,26-22?. The Labute approximate surface area is 218 Å². The average Bonchev–Trinajstić information content (AvgIpc) is 3.31. The van der Waals surface area contributed by atoms with Gasteiger partial charge in [0, 0.05) is 6.26 Å². The van der Waals surface area contributed by atoms with Gasteiger partial charge in [0.2, 0.25) is 19.4 Å². The van der Waals surface area contributed by atoms with Crippen molar-refractivity contribution in [1.29, 1.82) is 5.41 Å². The molecule has 0 bridgehead atoms. The largest absolute Gasteiger partial charge is 0.493 e. The summed E-state index contributed by atoms with van der Waals surface area (Å²) >= 11 is 0.743. The van der Waals surface area contributed by atoms with E-state index in [1.165, 1.54) is 6.08 Å². The molecule has 0 aliphatic carbocycles. The molecule has 0 atom stereocenters. The Morgan fingerprint density at radius 2 is 1.84 bits per heavy atom. The number of sulfone groups is 1. The molecule has 0 saturated carbocycles. The summed E-state index contributed by atoms with van der Waals surface area (Å²) in [5.41, 5.74) is 1.71. The average molecular weight is 541 g/mol. The summed E-state index contributed by atoms with van der Waals surface area (Å²) in [6.45, 7) is 4.34. The second kappa shape index (κ2) is 11.0. The van der Waals surface area contributed by atoms with Crippen LogP contribution < -0.4 is 14.2 Å². The smallest absolute Gasteiger partial charge is 0.283 e. The van der Waals surface area contributed by atoms with Crippen LogP contribution in [0.3, 0.4) is 0 Å². The summed E-state index contributed by atoms with van der Waals surface area (Å²) in [6, 6.07) is 12.6. The van der Waals surface area contributed by atoms with Crippen molar-refractivity contribution < 1.29 is 27.4 Å². The molecular weight excluding hydrogens is 516 g/mol. The van der Waals surface area contributed by atoms with Crippen LogP contribution in [0.15, 0.2) is 70.8 Å². The predicted octanol–water partition coefficient (Wildman–Crippen LogP) is 3.50. The number of hydrazone groups is 1. The van der Waals surface area contributed by atoms with Crippen LogP contribution in [0, 0.1) is 5.41 Å². The molecule has 0 spiro atoms. The van der Waals surface area contributed by atoms with Crippen molar-refractivity contribution >= 4 is 49.0 Å². The first-order valence-corrected chi connectivity index (χ1v) is 13.7. The molecule has 2 heterocycles. The van der Waals surface area contributed by atoms with E-state index in [0.29, 0.717) is 36.0 Å². The van der Waals surface area contributed by atoms with Crippen LogP contribution in [0.2, 0.25) is 0 Å². The van der Waals surface area contributed by atoms with Crippen LogP contribution in [-0.2, 0) is 21.1 Å². The monoisotopic (exact) mass is 540 g/mol. The molecule has 10 nitrogen and oxygen atoms in total. The van der Waals surface area contributed by atoms with E-state index < -0.39 is 15.7 Å². The number of amidine groups is 2. The van der Waals surface area contributed by atoms with Gasteiger partial charge >= 0.3 is 0 Å². The number of rotatable bonds is 9. The van der Waals surface area contributed by atoms with Crippen molar-refractivity contribution in [3.63, 3.8) is 0 Å². The highest BCUT2D eigenvalue weighted by Gasteiger charge is 2.38. The molecule has 192 valence electrons. The molecule has 4 rings (SSSR count). The lowest BCUT2D eigenvalue weighted by Gasteiger charge is -2.20. The Hall–Kier alpha value is -3.90. The number of thioether (sulfide) groups is 1. The highest BCUT2D eigenvalue weighted by molar-refractivity contribution is 8.42. The van der Waals surface area contributed by atoms with Crippen molar-refractivity contribution in [2.24, 2.45) is 10.1 Å². The maximum absolute atomic E-state index is 12.5. The maximum atomic E-state index is 12.5. The number of nitrogens with zero attached hydrogens (tertiary/aromatic N) is 3. The normalized spacial score (nSPS) is 16.3. The molecule has 37 heavy (non-hydrogen) atoms. The van der Waals surface area contributed by atoms with Gasteiger partial charge in [-0.25, -0.2) is 8.42 Å². The van der Waals surface area contributed by atoms with Crippen LogP contribution in [0.5, 0.6) is 17.2 Å². The summed E-state index contributed by atoms with van der Waals surface area (Å²) in [6.07, 6.45) is 5.07. The summed E-state index contributed by atoms with van der Waals surface area (Å²) in [5.74, 6) is 0.978. The highest BCUT2D eigenvalue weighted by Crippen LogP contribution is 2.30. The summed E-state index contributed by atoms with van der Waals surface area (Å²) in [7, 11) is -2.00. The van der Waals surface area contributed by atoms with Gasteiger partial charge in [0.1, 0.15) is 19.0 Å². The van der Waals surface area contributed by atoms with E-state index in [1.54, 1.807) is 31.4 Å². The zero-order valence-electron chi connectivity index (χ0n) is 20.1. The fourth-order valence-electron chi connectivity index (χ4n) is 3.39. The quantitative estimate of drug-likeness (QED) is 0.291. The van der Waals surface area contributed by atoms with Gasteiger partial charge in [-0.1, -0.05) is 24.3 Å². The van der Waals surface area contributed by atoms with E-state index in [-0.39, 0.29) is 21.0 Å². The van der Waals surface area contributed by atoms with Crippen molar-refractivity contribution in [2.75, 3.05) is 26.6 Å². The molecule has 2 aliphatic heterocycles. The van der Waals surface area contributed by atoms with Crippen molar-refractivity contribution in [3.05, 3.63) is 71.8 Å². The van der Waals surface area contributed by atoms with E-state index in [2.05, 4.69) is 16.7 Å². The van der Waals surface area contributed by atoms with E-state index in [9.17, 15) is 13.2 Å². The lowest BCUT2D eigenvalue weighted by atomic mass is 10.1. The maximum Gasteiger partial charge on any atom is 0.283 e. The Morgan fingerprint density at radius 3 is 2.51 bits per heavy atom. The molecule has 0 saturated heterocycles. The molecule has 2 aromatic carbocycles. The van der Waals surface area contributed by atoms with Crippen molar-refractivity contribution in [3.8, 4) is 17.2 Å². The first-order valence-electron chi connectivity index (χ1n) is 11.0. The number of aliphatic imine (C=N–C) groups is 1. The fourth-order valence-corrected chi connectivity index (χ4v) is 5.07. The Balaban J connectivity index is 1.36. The number of hydrogen-bond acceptors (Lipinski definition) is 9. The number of allylic oxidation sites excluding steroid dienone is 1. The Bertz CT molecular complexity index is 1450. The van der Waals surface area contributed by atoms with Gasteiger partial charge in [-0.15, -0.1) is 11.7 Å². The third kappa shape index (κ3) is 6.09. The lowest BCUT2D eigenvalue weighted by Crippen LogP contribution is -2.35. The van der Waals surface area contributed by atoms with Gasteiger partial charge in [-0.3, -0.25) is 10.2 Å². The van der Waals surface area contributed by atoms with Crippen LogP contribution in [0.4, 0.5) is 0 Å². The highest BCUT2D eigenvalue weighted by atomic mass is 32.3. The molecule has 1 amide bonds. The molecule has 2 aliphatic rings. The van der Waals surface area contributed by atoms with Crippen LogP contribution in [0.1, 0.15) is 11.1 Å². The number of carbonyl (C=O) groups excluding carboxylic acids is 1.